The van der Waals surface area contributed by atoms with E-state index in [1.807, 2.05) is 19.1 Å². The molecule has 0 radical (unpaired) electrons. The standard InChI is InChI=1S/C20H20O4/c1-19-7-5-14-13-4-3-12(23-2)9-11(13)10-15-17(14)20(19,24-18(15)22)8-6-16(19)21/h3-5,9,15,17H,6-8,10H2,1-2H3/t15-,17+,19-,20+/m1/s1. The van der Waals surface area contributed by atoms with Gasteiger partial charge in [-0.05, 0) is 55.0 Å². The second-order valence-corrected chi connectivity index (χ2v) is 7.74. The Morgan fingerprint density at radius 3 is 2.92 bits per heavy atom. The second kappa shape index (κ2) is 4.29. The topological polar surface area (TPSA) is 52.6 Å². The molecule has 4 atom stereocenters. The summed E-state index contributed by atoms with van der Waals surface area (Å²) < 4.78 is 11.4. The Bertz CT molecular complexity index is 823. The zero-order valence-corrected chi connectivity index (χ0v) is 13.9. The van der Waals surface area contributed by atoms with Crippen molar-refractivity contribution in [1.82, 2.24) is 0 Å². The van der Waals surface area contributed by atoms with E-state index in [2.05, 4.69) is 12.1 Å². The van der Waals surface area contributed by atoms with Crippen molar-refractivity contribution >= 4 is 17.3 Å². The van der Waals surface area contributed by atoms with Crippen LogP contribution >= 0.6 is 0 Å². The van der Waals surface area contributed by atoms with Gasteiger partial charge in [0, 0.05) is 12.3 Å². The molecule has 0 aromatic heterocycles. The molecule has 1 saturated carbocycles. The highest BCUT2D eigenvalue weighted by atomic mass is 16.6. The van der Waals surface area contributed by atoms with Crippen molar-refractivity contribution in [3.8, 4) is 5.75 Å². The maximum absolute atomic E-state index is 12.7. The van der Waals surface area contributed by atoms with Crippen molar-refractivity contribution < 1.29 is 19.1 Å². The van der Waals surface area contributed by atoms with Crippen LogP contribution in [-0.2, 0) is 20.7 Å². The first-order valence-electron chi connectivity index (χ1n) is 8.64. The van der Waals surface area contributed by atoms with Gasteiger partial charge < -0.3 is 9.47 Å². The third-order valence-corrected chi connectivity index (χ3v) is 6.89. The Hall–Kier alpha value is -2.10. The summed E-state index contributed by atoms with van der Waals surface area (Å²) in [5.74, 6) is 0.747. The van der Waals surface area contributed by atoms with Gasteiger partial charge in [0.05, 0.1) is 18.4 Å². The molecule has 4 aliphatic rings. The Kier molecular flexibility index (Phi) is 2.55. The number of carbonyl (C=O) groups is 2. The van der Waals surface area contributed by atoms with Crippen molar-refractivity contribution in [1.29, 1.82) is 0 Å². The minimum Gasteiger partial charge on any atom is -0.497 e. The fraction of sp³-hybridized carbons (Fsp3) is 0.500. The number of hydrogen-bond donors (Lipinski definition) is 0. The van der Waals surface area contributed by atoms with E-state index >= 15 is 0 Å². The van der Waals surface area contributed by atoms with E-state index in [-0.39, 0.29) is 23.6 Å². The van der Waals surface area contributed by atoms with Gasteiger partial charge in [0.25, 0.3) is 0 Å². The minimum absolute atomic E-state index is 0.0103. The van der Waals surface area contributed by atoms with Crippen LogP contribution in [0.2, 0.25) is 0 Å². The highest BCUT2D eigenvalue weighted by molar-refractivity contribution is 5.95. The molecule has 4 nitrogen and oxygen atoms in total. The fourth-order valence-electron chi connectivity index (χ4n) is 5.59. The van der Waals surface area contributed by atoms with E-state index < -0.39 is 11.0 Å². The summed E-state index contributed by atoms with van der Waals surface area (Å²) >= 11 is 0. The lowest BCUT2D eigenvalue weighted by Gasteiger charge is -2.47. The maximum Gasteiger partial charge on any atom is 0.310 e. The average Bonchev–Trinajstić information content (AvgIpc) is 3.02. The summed E-state index contributed by atoms with van der Waals surface area (Å²) in [5.41, 5.74) is 2.34. The first-order valence-corrected chi connectivity index (χ1v) is 8.64. The molecule has 3 aliphatic carbocycles. The predicted molar refractivity (Wildman–Crippen MR) is 87.4 cm³/mol. The number of carbonyl (C=O) groups excluding carboxylic acids is 2. The first-order chi connectivity index (χ1) is 11.5. The molecule has 0 unspecified atom stereocenters. The van der Waals surface area contributed by atoms with Gasteiger partial charge in [-0.3, -0.25) is 9.59 Å². The first kappa shape index (κ1) is 14.3. The Balaban J connectivity index is 1.74. The molecule has 2 fully saturated rings. The van der Waals surface area contributed by atoms with Crippen LogP contribution in [0.1, 0.15) is 37.3 Å². The van der Waals surface area contributed by atoms with Crippen LogP contribution < -0.4 is 4.74 Å². The molecule has 24 heavy (non-hydrogen) atoms. The molecule has 0 N–H and O–H groups in total. The molecule has 1 heterocycles. The molecule has 0 bridgehead atoms. The largest absolute Gasteiger partial charge is 0.497 e. The number of rotatable bonds is 1. The molecular weight excluding hydrogens is 304 g/mol. The van der Waals surface area contributed by atoms with E-state index in [1.165, 1.54) is 11.1 Å². The number of Topliss-reactive ketones (excluding diaryl/α,β-unsaturated/α-hetero) is 1. The van der Waals surface area contributed by atoms with Gasteiger partial charge >= 0.3 is 5.97 Å². The normalized spacial score (nSPS) is 38.8. The number of ether oxygens (including phenoxy) is 2. The third kappa shape index (κ3) is 1.41. The quantitative estimate of drug-likeness (QED) is 0.745. The van der Waals surface area contributed by atoms with E-state index in [0.29, 0.717) is 25.7 Å². The van der Waals surface area contributed by atoms with Gasteiger partial charge in [-0.15, -0.1) is 0 Å². The van der Waals surface area contributed by atoms with Crippen LogP contribution in [0.25, 0.3) is 5.57 Å². The molecule has 1 spiro atoms. The number of ketones is 1. The highest BCUT2D eigenvalue weighted by Crippen LogP contribution is 2.65. The lowest BCUT2D eigenvalue weighted by Crippen LogP contribution is -2.53. The molecule has 124 valence electrons. The molecular formula is C20H20O4. The summed E-state index contributed by atoms with van der Waals surface area (Å²) in [6, 6.07) is 6.09. The van der Waals surface area contributed by atoms with E-state index in [4.69, 9.17) is 9.47 Å². The van der Waals surface area contributed by atoms with Crippen LogP contribution in [0.4, 0.5) is 0 Å². The predicted octanol–water partition coefficient (Wildman–Crippen LogP) is 2.94. The van der Waals surface area contributed by atoms with Crippen molar-refractivity contribution in [3.05, 3.63) is 35.4 Å². The summed E-state index contributed by atoms with van der Waals surface area (Å²) in [4.78, 5) is 25.3. The molecule has 0 amide bonds. The van der Waals surface area contributed by atoms with Gasteiger partial charge in [-0.1, -0.05) is 12.1 Å². The molecule has 1 aromatic carbocycles. The van der Waals surface area contributed by atoms with Gasteiger partial charge in [-0.25, -0.2) is 0 Å². The van der Waals surface area contributed by atoms with Crippen molar-refractivity contribution in [3.63, 3.8) is 0 Å². The number of benzene rings is 1. The zero-order chi connectivity index (χ0) is 16.7. The number of allylic oxidation sites excluding steroid dienone is 1. The van der Waals surface area contributed by atoms with Gasteiger partial charge in [0.1, 0.15) is 17.1 Å². The second-order valence-electron chi connectivity index (χ2n) is 7.74. The maximum atomic E-state index is 12.7. The van der Waals surface area contributed by atoms with Crippen LogP contribution in [0, 0.1) is 17.3 Å². The van der Waals surface area contributed by atoms with E-state index in [9.17, 15) is 9.59 Å². The zero-order valence-electron chi connectivity index (χ0n) is 13.9. The van der Waals surface area contributed by atoms with Crippen LogP contribution in [0.15, 0.2) is 24.3 Å². The summed E-state index contributed by atoms with van der Waals surface area (Å²) in [5, 5.41) is 0. The molecule has 1 saturated heterocycles. The number of fused-ring (bicyclic) bond motifs is 2. The van der Waals surface area contributed by atoms with Crippen molar-refractivity contribution in [2.24, 2.45) is 17.3 Å². The van der Waals surface area contributed by atoms with Crippen LogP contribution in [0.3, 0.4) is 0 Å². The Morgan fingerprint density at radius 1 is 1.29 bits per heavy atom. The van der Waals surface area contributed by atoms with Crippen molar-refractivity contribution in [2.45, 2.75) is 38.2 Å². The molecule has 1 aliphatic heterocycles. The number of esters is 1. The number of hydrogen-bond acceptors (Lipinski definition) is 4. The fourth-order valence-corrected chi connectivity index (χ4v) is 5.59. The van der Waals surface area contributed by atoms with Crippen LogP contribution in [0.5, 0.6) is 5.75 Å². The monoisotopic (exact) mass is 324 g/mol. The summed E-state index contributed by atoms with van der Waals surface area (Å²) in [6.07, 6.45) is 4.69. The smallest absolute Gasteiger partial charge is 0.310 e. The minimum atomic E-state index is -0.631. The Labute approximate surface area is 140 Å². The van der Waals surface area contributed by atoms with Gasteiger partial charge in [-0.2, -0.15) is 0 Å². The van der Waals surface area contributed by atoms with Crippen LogP contribution in [-0.4, -0.2) is 24.5 Å². The van der Waals surface area contributed by atoms with E-state index in [0.717, 1.165) is 11.3 Å². The highest BCUT2D eigenvalue weighted by Gasteiger charge is 2.71. The lowest BCUT2D eigenvalue weighted by molar-refractivity contribution is -0.162. The van der Waals surface area contributed by atoms with Crippen molar-refractivity contribution in [2.75, 3.05) is 7.11 Å². The lowest BCUT2D eigenvalue weighted by atomic mass is 9.56. The molecule has 4 heteroatoms. The SMILES string of the molecule is COc1ccc2c(c1)C[C@H]1C(=O)O[C@]34CCC(=O)[C@@]3(C)CC=C2[C@@H]14. The van der Waals surface area contributed by atoms with E-state index in [1.54, 1.807) is 7.11 Å². The molecule has 5 rings (SSSR count). The summed E-state index contributed by atoms with van der Waals surface area (Å²) in [6.45, 7) is 1.99. The Morgan fingerprint density at radius 2 is 2.12 bits per heavy atom. The molecule has 1 aromatic rings. The number of methoxy groups -OCH3 is 1. The van der Waals surface area contributed by atoms with Gasteiger partial charge in [0.2, 0.25) is 0 Å². The summed E-state index contributed by atoms with van der Waals surface area (Å²) in [7, 11) is 1.65. The van der Waals surface area contributed by atoms with Gasteiger partial charge in [0.15, 0.2) is 0 Å². The third-order valence-electron chi connectivity index (χ3n) is 6.89. The average molecular weight is 324 g/mol.